The zero-order valence-electron chi connectivity index (χ0n) is 17.8. The van der Waals surface area contributed by atoms with Crippen LogP contribution in [0.15, 0.2) is 42.5 Å². The molecule has 2 aromatic rings. The Hall–Kier alpha value is -2.86. The molecule has 1 saturated heterocycles. The Morgan fingerprint density at radius 1 is 0.967 bits per heavy atom. The Labute approximate surface area is 178 Å². The van der Waals surface area contributed by atoms with Crippen LogP contribution < -0.4 is 14.5 Å². The Balaban J connectivity index is 1.27. The van der Waals surface area contributed by atoms with Crippen LogP contribution in [0.25, 0.3) is 0 Å². The van der Waals surface area contributed by atoms with E-state index < -0.39 is 0 Å². The molecule has 1 amide bonds. The summed E-state index contributed by atoms with van der Waals surface area (Å²) in [6.45, 7) is 6.91. The highest BCUT2D eigenvalue weighted by atomic mass is 16.5. The van der Waals surface area contributed by atoms with Gasteiger partial charge in [0.25, 0.3) is 0 Å². The number of benzene rings is 2. The molecule has 158 valence electrons. The van der Waals surface area contributed by atoms with Crippen molar-refractivity contribution in [3.63, 3.8) is 0 Å². The number of rotatable bonds is 6. The molecule has 0 N–H and O–H groups in total. The number of methoxy groups -OCH3 is 1. The molecule has 30 heavy (non-hydrogen) atoms. The van der Waals surface area contributed by atoms with E-state index in [0.29, 0.717) is 13.0 Å². The van der Waals surface area contributed by atoms with E-state index in [-0.39, 0.29) is 11.7 Å². The molecular formula is C24H29N3O3. The Kier molecular flexibility index (Phi) is 6.04. The number of hydrogen-bond donors (Lipinski definition) is 0. The molecule has 0 saturated carbocycles. The highest BCUT2D eigenvalue weighted by Gasteiger charge is 2.23. The van der Waals surface area contributed by atoms with Gasteiger partial charge in [0.05, 0.1) is 7.11 Å². The third kappa shape index (κ3) is 4.33. The van der Waals surface area contributed by atoms with Gasteiger partial charge in [0.15, 0.2) is 5.78 Å². The normalized spacial score (nSPS) is 16.5. The molecule has 0 unspecified atom stereocenters. The SMILES string of the molecule is COc1ccc(N2CCN(CCC(=O)c3ccc4c(c3)CCN4C(C)=O)CC2)cc1. The predicted molar refractivity (Wildman–Crippen MR) is 119 cm³/mol. The summed E-state index contributed by atoms with van der Waals surface area (Å²) < 4.78 is 5.23. The molecule has 1 fully saturated rings. The Bertz CT molecular complexity index is 918. The Morgan fingerprint density at radius 3 is 2.37 bits per heavy atom. The molecule has 0 radical (unpaired) electrons. The monoisotopic (exact) mass is 407 g/mol. The minimum atomic E-state index is 0.0570. The zero-order valence-corrected chi connectivity index (χ0v) is 17.8. The third-order valence-corrected chi connectivity index (χ3v) is 6.14. The number of Topliss-reactive ketones (excluding diaryl/α,β-unsaturated/α-hetero) is 1. The van der Waals surface area contributed by atoms with Gasteiger partial charge in [-0.05, 0) is 54.4 Å². The van der Waals surface area contributed by atoms with Crippen molar-refractivity contribution in [3.05, 3.63) is 53.6 Å². The van der Waals surface area contributed by atoms with Crippen molar-refractivity contribution in [1.82, 2.24) is 4.90 Å². The highest BCUT2D eigenvalue weighted by Crippen LogP contribution is 2.29. The van der Waals surface area contributed by atoms with E-state index >= 15 is 0 Å². The van der Waals surface area contributed by atoms with Gasteiger partial charge in [-0.3, -0.25) is 14.5 Å². The summed E-state index contributed by atoms with van der Waals surface area (Å²) in [5.41, 5.74) is 4.03. The highest BCUT2D eigenvalue weighted by molar-refractivity contribution is 5.99. The number of ketones is 1. The smallest absolute Gasteiger partial charge is 0.223 e. The van der Waals surface area contributed by atoms with Crippen molar-refractivity contribution >= 4 is 23.1 Å². The zero-order chi connectivity index (χ0) is 21.1. The van der Waals surface area contributed by atoms with E-state index in [2.05, 4.69) is 21.9 Å². The standard InChI is InChI=1S/C24H29N3O3/c1-18(28)27-12-9-19-17-20(3-8-23(19)27)24(29)10-11-25-13-15-26(16-14-25)21-4-6-22(30-2)7-5-21/h3-8,17H,9-16H2,1-2H3. The summed E-state index contributed by atoms with van der Waals surface area (Å²) in [7, 11) is 1.68. The minimum Gasteiger partial charge on any atom is -0.497 e. The molecule has 0 bridgehead atoms. The van der Waals surface area contributed by atoms with E-state index in [0.717, 1.165) is 61.7 Å². The summed E-state index contributed by atoms with van der Waals surface area (Å²) in [5.74, 6) is 1.11. The maximum atomic E-state index is 12.7. The number of nitrogens with zero attached hydrogens (tertiary/aromatic N) is 3. The van der Waals surface area contributed by atoms with Crippen LogP contribution in [-0.4, -0.2) is 63.0 Å². The van der Waals surface area contributed by atoms with Gasteiger partial charge in [-0.1, -0.05) is 0 Å². The van der Waals surface area contributed by atoms with Gasteiger partial charge < -0.3 is 14.5 Å². The summed E-state index contributed by atoms with van der Waals surface area (Å²) in [6, 6.07) is 13.9. The molecule has 4 rings (SSSR count). The second-order valence-electron chi connectivity index (χ2n) is 7.96. The molecule has 0 aromatic heterocycles. The maximum Gasteiger partial charge on any atom is 0.223 e. The molecule has 0 spiro atoms. The van der Waals surface area contributed by atoms with Crippen LogP contribution in [0.5, 0.6) is 5.75 Å². The van der Waals surface area contributed by atoms with E-state index in [1.165, 1.54) is 5.69 Å². The molecule has 2 heterocycles. The first-order chi connectivity index (χ1) is 14.5. The third-order valence-electron chi connectivity index (χ3n) is 6.14. The summed E-state index contributed by atoms with van der Waals surface area (Å²) in [5, 5.41) is 0. The molecule has 0 aliphatic carbocycles. The molecule has 6 nitrogen and oxygen atoms in total. The fraction of sp³-hybridized carbons (Fsp3) is 0.417. The molecule has 2 aliphatic rings. The van der Waals surface area contributed by atoms with Gasteiger partial charge in [-0.2, -0.15) is 0 Å². The molecule has 6 heteroatoms. The number of anilines is 2. The number of hydrogen-bond acceptors (Lipinski definition) is 5. The largest absolute Gasteiger partial charge is 0.497 e. The molecule has 2 aromatic carbocycles. The minimum absolute atomic E-state index is 0.0570. The van der Waals surface area contributed by atoms with E-state index in [4.69, 9.17) is 4.74 Å². The number of piperazine rings is 1. The van der Waals surface area contributed by atoms with Gasteiger partial charge >= 0.3 is 0 Å². The van der Waals surface area contributed by atoms with Crippen LogP contribution >= 0.6 is 0 Å². The quantitative estimate of drug-likeness (QED) is 0.689. The fourth-order valence-corrected chi connectivity index (χ4v) is 4.33. The average molecular weight is 408 g/mol. The van der Waals surface area contributed by atoms with Gasteiger partial charge in [0, 0.05) is 69.6 Å². The van der Waals surface area contributed by atoms with Crippen molar-refractivity contribution in [3.8, 4) is 5.75 Å². The summed E-state index contributed by atoms with van der Waals surface area (Å²) >= 11 is 0. The lowest BCUT2D eigenvalue weighted by atomic mass is 10.0. The summed E-state index contributed by atoms with van der Waals surface area (Å²) in [6.07, 6.45) is 1.35. The number of carbonyl (C=O) groups excluding carboxylic acids is 2. The second-order valence-corrected chi connectivity index (χ2v) is 7.96. The van der Waals surface area contributed by atoms with Gasteiger partial charge in [0.1, 0.15) is 5.75 Å². The number of carbonyl (C=O) groups is 2. The molecule has 0 atom stereocenters. The van der Waals surface area contributed by atoms with E-state index in [1.54, 1.807) is 18.9 Å². The van der Waals surface area contributed by atoms with Crippen molar-refractivity contribution in [1.29, 1.82) is 0 Å². The lowest BCUT2D eigenvalue weighted by Gasteiger charge is -2.36. The Morgan fingerprint density at radius 2 is 1.70 bits per heavy atom. The van der Waals surface area contributed by atoms with Crippen LogP contribution in [0.4, 0.5) is 11.4 Å². The number of fused-ring (bicyclic) bond motifs is 1. The number of ether oxygens (including phenoxy) is 1. The molecular weight excluding hydrogens is 378 g/mol. The van der Waals surface area contributed by atoms with Gasteiger partial charge in [0.2, 0.25) is 5.91 Å². The van der Waals surface area contributed by atoms with E-state index in [1.807, 2.05) is 30.3 Å². The van der Waals surface area contributed by atoms with Crippen LogP contribution in [0.2, 0.25) is 0 Å². The first-order valence-corrected chi connectivity index (χ1v) is 10.6. The van der Waals surface area contributed by atoms with Crippen LogP contribution in [-0.2, 0) is 11.2 Å². The lowest BCUT2D eigenvalue weighted by Crippen LogP contribution is -2.46. The first kappa shape index (κ1) is 20.4. The van der Waals surface area contributed by atoms with Crippen LogP contribution in [0.1, 0.15) is 29.3 Å². The van der Waals surface area contributed by atoms with Crippen molar-refractivity contribution in [2.45, 2.75) is 19.8 Å². The van der Waals surface area contributed by atoms with Crippen LogP contribution in [0, 0.1) is 0 Å². The predicted octanol–water partition coefficient (Wildman–Crippen LogP) is 3.00. The van der Waals surface area contributed by atoms with Crippen molar-refractivity contribution in [2.24, 2.45) is 0 Å². The van der Waals surface area contributed by atoms with Crippen LogP contribution in [0.3, 0.4) is 0 Å². The number of amides is 1. The topological polar surface area (TPSA) is 53.1 Å². The average Bonchev–Trinajstić information content (AvgIpc) is 3.21. The van der Waals surface area contributed by atoms with Gasteiger partial charge in [-0.15, -0.1) is 0 Å². The van der Waals surface area contributed by atoms with Gasteiger partial charge in [-0.25, -0.2) is 0 Å². The fourth-order valence-electron chi connectivity index (χ4n) is 4.33. The van der Waals surface area contributed by atoms with E-state index in [9.17, 15) is 9.59 Å². The second kappa shape index (κ2) is 8.88. The first-order valence-electron chi connectivity index (χ1n) is 10.6. The van der Waals surface area contributed by atoms with Crippen molar-refractivity contribution < 1.29 is 14.3 Å². The molecule has 2 aliphatic heterocycles. The maximum absolute atomic E-state index is 12.7. The van der Waals surface area contributed by atoms with Crippen molar-refractivity contribution in [2.75, 3.05) is 56.2 Å². The lowest BCUT2D eigenvalue weighted by molar-refractivity contribution is -0.116. The summed E-state index contributed by atoms with van der Waals surface area (Å²) in [4.78, 5) is 30.9.